The first kappa shape index (κ1) is 13.0. The molecule has 5 heteroatoms. The smallest absolute Gasteiger partial charge is 0.333 e. The molecule has 20 heavy (non-hydrogen) atoms. The quantitative estimate of drug-likeness (QED) is 0.723. The molecule has 1 radical (unpaired) electrons. The number of hydrogen-bond acceptors (Lipinski definition) is 2. The van der Waals surface area contributed by atoms with E-state index in [1.807, 2.05) is 18.2 Å². The van der Waals surface area contributed by atoms with Gasteiger partial charge in [-0.3, -0.25) is 9.13 Å². The van der Waals surface area contributed by atoms with Crippen molar-refractivity contribution in [2.75, 3.05) is 7.11 Å². The lowest BCUT2D eigenvalue weighted by Crippen LogP contribution is -2.21. The number of para-hydroxylation sites is 1. The van der Waals surface area contributed by atoms with Gasteiger partial charge in [0.2, 0.25) is 0 Å². The largest absolute Gasteiger partial charge is 0.495 e. The zero-order valence-electron chi connectivity index (χ0n) is 11.1. The molecule has 0 saturated carbocycles. The van der Waals surface area contributed by atoms with Crippen molar-refractivity contribution < 1.29 is 4.74 Å². The van der Waals surface area contributed by atoms with Gasteiger partial charge in [0.1, 0.15) is 5.75 Å². The van der Waals surface area contributed by atoms with Gasteiger partial charge in [-0.2, -0.15) is 0 Å². The van der Waals surface area contributed by atoms with Gasteiger partial charge in [0.05, 0.1) is 23.8 Å². The highest BCUT2D eigenvalue weighted by atomic mass is 79.9. The summed E-state index contributed by atoms with van der Waals surface area (Å²) in [5.41, 5.74) is 2.24. The third kappa shape index (κ3) is 1.78. The molecule has 0 fully saturated rings. The van der Waals surface area contributed by atoms with Gasteiger partial charge in [0, 0.05) is 11.5 Å². The third-order valence-electron chi connectivity index (χ3n) is 3.28. The number of rotatable bonds is 2. The highest BCUT2D eigenvalue weighted by Crippen LogP contribution is 2.28. The summed E-state index contributed by atoms with van der Waals surface area (Å²) >= 11 is 3.49. The molecule has 101 valence electrons. The minimum atomic E-state index is -0.121. The van der Waals surface area contributed by atoms with E-state index < -0.39 is 0 Å². The Bertz CT molecular complexity index is 849. The van der Waals surface area contributed by atoms with Crippen LogP contribution in [0, 0.1) is 6.07 Å². The molecular weight excluding hydrogens is 320 g/mol. The Morgan fingerprint density at radius 1 is 1.30 bits per heavy atom. The summed E-state index contributed by atoms with van der Waals surface area (Å²) in [6, 6.07) is 14.0. The van der Waals surface area contributed by atoms with Crippen LogP contribution in [0.1, 0.15) is 0 Å². The van der Waals surface area contributed by atoms with E-state index >= 15 is 0 Å². The maximum atomic E-state index is 12.5. The number of hydrogen-bond donors (Lipinski definition) is 0. The predicted octanol–water partition coefficient (Wildman–Crippen LogP) is 2.90. The maximum Gasteiger partial charge on any atom is 0.333 e. The number of ether oxygens (including phenoxy) is 1. The number of fused-ring (bicyclic) bond motifs is 1. The number of nitrogens with zero attached hydrogens (tertiary/aromatic N) is 2. The number of halogens is 1. The molecule has 0 aliphatic carbocycles. The van der Waals surface area contributed by atoms with Crippen LogP contribution in [0.2, 0.25) is 0 Å². The molecule has 3 rings (SSSR count). The number of imidazole rings is 1. The minimum absolute atomic E-state index is 0.121. The molecule has 2 aromatic carbocycles. The molecule has 0 unspecified atom stereocenters. The molecule has 0 spiro atoms. The van der Waals surface area contributed by atoms with Gasteiger partial charge in [-0.1, -0.05) is 12.1 Å². The van der Waals surface area contributed by atoms with E-state index in [1.54, 1.807) is 41.5 Å². The molecule has 0 atom stereocenters. The fourth-order valence-corrected chi connectivity index (χ4v) is 2.97. The Morgan fingerprint density at radius 3 is 2.85 bits per heavy atom. The van der Waals surface area contributed by atoms with E-state index in [4.69, 9.17) is 4.74 Å². The minimum Gasteiger partial charge on any atom is -0.495 e. The van der Waals surface area contributed by atoms with E-state index in [0.717, 1.165) is 15.5 Å². The first-order valence-corrected chi connectivity index (χ1v) is 6.85. The number of aromatic nitrogens is 2. The van der Waals surface area contributed by atoms with Crippen molar-refractivity contribution in [2.45, 2.75) is 0 Å². The van der Waals surface area contributed by atoms with Gasteiger partial charge in [-0.25, -0.2) is 4.79 Å². The van der Waals surface area contributed by atoms with Gasteiger partial charge in [0.25, 0.3) is 0 Å². The van der Waals surface area contributed by atoms with Gasteiger partial charge in [-0.15, -0.1) is 0 Å². The second-order valence-corrected chi connectivity index (χ2v) is 5.24. The zero-order chi connectivity index (χ0) is 14.3. The summed E-state index contributed by atoms with van der Waals surface area (Å²) in [5, 5.41) is 0. The number of methoxy groups -OCH3 is 1. The van der Waals surface area contributed by atoms with Crippen LogP contribution >= 0.6 is 15.9 Å². The van der Waals surface area contributed by atoms with Gasteiger partial charge in [0.15, 0.2) is 0 Å². The third-order valence-corrected chi connectivity index (χ3v) is 3.92. The Labute approximate surface area is 124 Å². The van der Waals surface area contributed by atoms with Crippen molar-refractivity contribution in [3.8, 4) is 11.4 Å². The molecule has 4 nitrogen and oxygen atoms in total. The highest BCUT2D eigenvalue weighted by molar-refractivity contribution is 9.10. The summed E-state index contributed by atoms with van der Waals surface area (Å²) in [6.07, 6.45) is 0. The van der Waals surface area contributed by atoms with Crippen LogP contribution in [0.25, 0.3) is 16.7 Å². The molecule has 0 saturated heterocycles. The second kappa shape index (κ2) is 4.83. The molecule has 0 aliphatic heterocycles. The second-order valence-electron chi connectivity index (χ2n) is 4.38. The summed E-state index contributed by atoms with van der Waals surface area (Å²) in [4.78, 5) is 12.5. The van der Waals surface area contributed by atoms with E-state index in [1.165, 1.54) is 0 Å². The Kier molecular flexibility index (Phi) is 3.14. The first-order valence-electron chi connectivity index (χ1n) is 6.05. The van der Waals surface area contributed by atoms with Gasteiger partial charge in [-0.05, 0) is 46.3 Å². The van der Waals surface area contributed by atoms with E-state index in [0.29, 0.717) is 11.4 Å². The van der Waals surface area contributed by atoms with E-state index in [-0.39, 0.29) is 5.69 Å². The van der Waals surface area contributed by atoms with Crippen LogP contribution in [-0.4, -0.2) is 16.2 Å². The molecule has 3 aromatic rings. The van der Waals surface area contributed by atoms with Crippen LogP contribution in [0.15, 0.2) is 45.7 Å². The average molecular weight is 332 g/mol. The zero-order valence-corrected chi connectivity index (χ0v) is 12.6. The van der Waals surface area contributed by atoms with Gasteiger partial charge >= 0.3 is 5.69 Å². The Hall–Kier alpha value is -2.01. The molecule has 0 aliphatic rings. The number of aryl methyl sites for hydroxylation is 1. The Balaban J connectivity index is 2.46. The Morgan fingerprint density at radius 2 is 2.10 bits per heavy atom. The standard InChI is InChI=1S/C15H12BrN2O2/c1-17-14-10(16)6-5-8-12(14)18(15(17)19)11-7-3-4-9-13(11)20-2/h4-9H,1-2H3. The van der Waals surface area contributed by atoms with Crippen molar-refractivity contribution >= 4 is 27.0 Å². The summed E-state index contributed by atoms with van der Waals surface area (Å²) < 4.78 is 9.48. The van der Waals surface area contributed by atoms with E-state index in [2.05, 4.69) is 22.0 Å². The topological polar surface area (TPSA) is 36.2 Å². The van der Waals surface area contributed by atoms with Crippen LogP contribution < -0.4 is 10.4 Å². The van der Waals surface area contributed by atoms with Crippen molar-refractivity contribution in [3.63, 3.8) is 0 Å². The number of benzene rings is 2. The van der Waals surface area contributed by atoms with Gasteiger partial charge < -0.3 is 4.74 Å². The fourth-order valence-electron chi connectivity index (χ4n) is 2.35. The van der Waals surface area contributed by atoms with Crippen LogP contribution in [0.3, 0.4) is 0 Å². The lowest BCUT2D eigenvalue weighted by atomic mass is 10.2. The van der Waals surface area contributed by atoms with Crippen molar-refractivity contribution in [1.82, 2.24) is 9.13 Å². The van der Waals surface area contributed by atoms with E-state index in [9.17, 15) is 4.79 Å². The molecule has 0 bridgehead atoms. The first-order chi connectivity index (χ1) is 9.65. The molecule has 0 amide bonds. The fraction of sp³-hybridized carbons (Fsp3) is 0.133. The molecule has 0 N–H and O–H groups in total. The van der Waals surface area contributed by atoms with Crippen LogP contribution in [0.4, 0.5) is 0 Å². The summed E-state index contributed by atoms with van der Waals surface area (Å²) in [6.45, 7) is 0. The lowest BCUT2D eigenvalue weighted by Gasteiger charge is -2.08. The molecule has 1 aromatic heterocycles. The SMILES string of the molecule is COc1cc[c]cc1-n1c(=O)n(C)c2c(Br)cccc21. The normalized spacial score (nSPS) is 10.9. The van der Waals surface area contributed by atoms with Crippen molar-refractivity contribution in [1.29, 1.82) is 0 Å². The van der Waals surface area contributed by atoms with Crippen molar-refractivity contribution in [2.24, 2.45) is 7.05 Å². The van der Waals surface area contributed by atoms with Crippen LogP contribution in [-0.2, 0) is 7.05 Å². The monoisotopic (exact) mass is 331 g/mol. The average Bonchev–Trinajstić information content (AvgIpc) is 2.72. The molecular formula is C15H12BrN2O2. The summed E-state index contributed by atoms with van der Waals surface area (Å²) in [5.74, 6) is 0.637. The maximum absolute atomic E-state index is 12.5. The van der Waals surface area contributed by atoms with Crippen molar-refractivity contribution in [3.05, 3.63) is 57.4 Å². The van der Waals surface area contributed by atoms with Crippen LogP contribution in [0.5, 0.6) is 5.75 Å². The highest BCUT2D eigenvalue weighted by Gasteiger charge is 2.16. The predicted molar refractivity (Wildman–Crippen MR) is 81.6 cm³/mol. The summed E-state index contributed by atoms with van der Waals surface area (Å²) in [7, 11) is 3.34. The lowest BCUT2D eigenvalue weighted by molar-refractivity contribution is 0.412. The molecule has 1 heterocycles.